The molecule has 0 saturated heterocycles. The molecule has 0 aliphatic rings. The lowest BCUT2D eigenvalue weighted by molar-refractivity contribution is 0.0601. The van der Waals surface area contributed by atoms with E-state index >= 15 is 0 Å². The number of carbonyl (C=O) groups is 2. The number of urea groups is 1. The van der Waals surface area contributed by atoms with Crippen LogP contribution >= 0.6 is 11.6 Å². The van der Waals surface area contributed by atoms with Crippen molar-refractivity contribution in [2.75, 3.05) is 26.6 Å². The van der Waals surface area contributed by atoms with Gasteiger partial charge in [0.25, 0.3) is 0 Å². The summed E-state index contributed by atoms with van der Waals surface area (Å²) in [6.07, 6.45) is 0. The summed E-state index contributed by atoms with van der Waals surface area (Å²) in [6.45, 7) is 0.403. The first kappa shape index (κ1) is 18.6. The summed E-state index contributed by atoms with van der Waals surface area (Å²) < 4.78 is 9.84. The van der Waals surface area contributed by atoms with Crippen molar-refractivity contribution >= 4 is 29.3 Å². The van der Waals surface area contributed by atoms with Crippen molar-refractivity contribution in [3.8, 4) is 5.75 Å². The number of ether oxygens (including phenoxy) is 2. The first-order valence-electron chi connectivity index (χ1n) is 7.47. The number of halogens is 1. The standard InChI is InChI=1S/C18H19ClN2O4/c1-21(11-12-5-4-6-14(9-12)24-2)18(23)20-13-7-8-16(19)15(10-13)17(22)25-3/h4-10H,11H2,1-3H3,(H,20,23). The van der Waals surface area contributed by atoms with Gasteiger partial charge in [0.15, 0.2) is 0 Å². The molecule has 1 N–H and O–H groups in total. The molecule has 6 nitrogen and oxygen atoms in total. The molecule has 7 heteroatoms. The summed E-state index contributed by atoms with van der Waals surface area (Å²) in [5, 5.41) is 2.99. The number of nitrogens with one attached hydrogen (secondary N) is 1. The zero-order chi connectivity index (χ0) is 18.4. The smallest absolute Gasteiger partial charge is 0.339 e. The van der Waals surface area contributed by atoms with Gasteiger partial charge in [-0.3, -0.25) is 0 Å². The lowest BCUT2D eigenvalue weighted by atomic mass is 10.2. The van der Waals surface area contributed by atoms with Crippen LogP contribution in [0.5, 0.6) is 5.75 Å². The fraction of sp³-hybridized carbons (Fsp3) is 0.222. The lowest BCUT2D eigenvalue weighted by Gasteiger charge is -2.19. The molecule has 2 aromatic rings. The van der Waals surface area contributed by atoms with Gasteiger partial charge < -0.3 is 19.7 Å². The molecule has 0 aromatic heterocycles. The summed E-state index contributed by atoms with van der Waals surface area (Å²) >= 11 is 5.97. The number of amides is 2. The van der Waals surface area contributed by atoms with Gasteiger partial charge in [-0.1, -0.05) is 23.7 Å². The highest BCUT2D eigenvalue weighted by Crippen LogP contribution is 2.22. The lowest BCUT2D eigenvalue weighted by Crippen LogP contribution is -2.30. The quantitative estimate of drug-likeness (QED) is 0.821. The van der Waals surface area contributed by atoms with Crippen LogP contribution in [0.15, 0.2) is 42.5 Å². The van der Waals surface area contributed by atoms with E-state index in [1.165, 1.54) is 24.1 Å². The first-order valence-corrected chi connectivity index (χ1v) is 7.85. The van der Waals surface area contributed by atoms with E-state index in [4.69, 9.17) is 16.3 Å². The number of carbonyl (C=O) groups excluding carboxylic acids is 2. The van der Waals surface area contributed by atoms with Crippen LogP contribution in [0.25, 0.3) is 0 Å². The van der Waals surface area contributed by atoms with Crippen molar-refractivity contribution in [2.24, 2.45) is 0 Å². The van der Waals surface area contributed by atoms with E-state index in [0.717, 1.165) is 11.3 Å². The van der Waals surface area contributed by atoms with E-state index in [9.17, 15) is 9.59 Å². The Hall–Kier alpha value is -2.73. The predicted molar refractivity (Wildman–Crippen MR) is 96.3 cm³/mol. The number of methoxy groups -OCH3 is 2. The molecule has 0 bridgehead atoms. The minimum Gasteiger partial charge on any atom is -0.497 e. The van der Waals surface area contributed by atoms with Gasteiger partial charge in [0.2, 0.25) is 0 Å². The largest absolute Gasteiger partial charge is 0.497 e. The second kappa shape index (κ2) is 8.39. The molecule has 2 aromatic carbocycles. The van der Waals surface area contributed by atoms with Crippen LogP contribution in [0.3, 0.4) is 0 Å². The number of anilines is 1. The van der Waals surface area contributed by atoms with Crippen LogP contribution in [0.4, 0.5) is 10.5 Å². The second-order valence-corrected chi connectivity index (χ2v) is 5.73. The molecule has 0 heterocycles. The number of hydrogen-bond acceptors (Lipinski definition) is 4. The van der Waals surface area contributed by atoms with Crippen molar-refractivity contribution in [2.45, 2.75) is 6.54 Å². The van der Waals surface area contributed by atoms with Crippen molar-refractivity contribution in [3.63, 3.8) is 0 Å². The molecule has 0 radical (unpaired) electrons. The zero-order valence-electron chi connectivity index (χ0n) is 14.2. The van der Waals surface area contributed by atoms with Crippen molar-refractivity contribution in [1.82, 2.24) is 4.90 Å². The van der Waals surface area contributed by atoms with E-state index in [1.807, 2.05) is 24.3 Å². The number of esters is 1. The Bertz CT molecular complexity index is 779. The molecular formula is C18H19ClN2O4. The molecule has 25 heavy (non-hydrogen) atoms. The Morgan fingerprint density at radius 1 is 1.16 bits per heavy atom. The fourth-order valence-corrected chi connectivity index (χ4v) is 2.40. The van der Waals surface area contributed by atoms with Crippen molar-refractivity contribution in [1.29, 1.82) is 0 Å². The SMILES string of the molecule is COC(=O)c1cc(NC(=O)N(C)Cc2cccc(OC)c2)ccc1Cl. The van der Waals surface area contributed by atoms with E-state index in [1.54, 1.807) is 20.2 Å². The van der Waals surface area contributed by atoms with Gasteiger partial charge in [-0.05, 0) is 35.9 Å². The highest BCUT2D eigenvalue weighted by Gasteiger charge is 2.14. The third-order valence-corrected chi connectivity index (χ3v) is 3.85. The van der Waals surface area contributed by atoms with Crippen molar-refractivity contribution in [3.05, 3.63) is 58.6 Å². The Morgan fingerprint density at radius 2 is 1.92 bits per heavy atom. The van der Waals surface area contributed by atoms with E-state index < -0.39 is 5.97 Å². The summed E-state index contributed by atoms with van der Waals surface area (Å²) in [5.41, 5.74) is 1.58. The minimum absolute atomic E-state index is 0.192. The Balaban J connectivity index is 2.07. The maximum atomic E-state index is 12.3. The molecule has 0 unspecified atom stereocenters. The molecule has 0 spiro atoms. The third-order valence-electron chi connectivity index (χ3n) is 3.52. The number of rotatable bonds is 5. The van der Waals surface area contributed by atoms with Gasteiger partial charge in [0.05, 0.1) is 24.8 Å². The minimum atomic E-state index is -0.564. The summed E-state index contributed by atoms with van der Waals surface area (Å²) in [7, 11) is 4.53. The van der Waals surface area contributed by atoms with Gasteiger partial charge in [-0.15, -0.1) is 0 Å². The Kier molecular flexibility index (Phi) is 6.25. The molecule has 2 amide bonds. The Morgan fingerprint density at radius 3 is 2.60 bits per heavy atom. The van der Waals surface area contributed by atoms with E-state index in [0.29, 0.717) is 12.2 Å². The topological polar surface area (TPSA) is 67.9 Å². The summed E-state index contributed by atoms with van der Waals surface area (Å²) in [4.78, 5) is 25.5. The number of nitrogens with zero attached hydrogens (tertiary/aromatic N) is 1. The van der Waals surface area contributed by atoms with Crippen molar-refractivity contribution < 1.29 is 19.1 Å². The van der Waals surface area contributed by atoms with Gasteiger partial charge in [0, 0.05) is 19.3 Å². The number of hydrogen-bond donors (Lipinski definition) is 1. The zero-order valence-corrected chi connectivity index (χ0v) is 15.0. The predicted octanol–water partition coefficient (Wildman–Crippen LogP) is 3.80. The monoisotopic (exact) mass is 362 g/mol. The molecule has 0 aliphatic carbocycles. The highest BCUT2D eigenvalue weighted by molar-refractivity contribution is 6.33. The van der Waals surface area contributed by atoms with Gasteiger partial charge >= 0.3 is 12.0 Å². The molecule has 0 aliphatic heterocycles. The van der Waals surface area contributed by atoms with Gasteiger partial charge in [-0.2, -0.15) is 0 Å². The van der Waals surface area contributed by atoms with Crippen LogP contribution in [0.2, 0.25) is 5.02 Å². The molecule has 0 saturated carbocycles. The number of benzene rings is 2. The van der Waals surface area contributed by atoms with Crippen LogP contribution in [0, 0.1) is 0 Å². The van der Waals surface area contributed by atoms with Gasteiger partial charge in [-0.25, -0.2) is 9.59 Å². The first-order chi connectivity index (χ1) is 11.9. The molecule has 0 fully saturated rings. The normalized spacial score (nSPS) is 10.1. The van der Waals surface area contributed by atoms with Crippen LogP contribution in [-0.2, 0) is 11.3 Å². The van der Waals surface area contributed by atoms with E-state index in [-0.39, 0.29) is 16.6 Å². The van der Waals surface area contributed by atoms with Crippen LogP contribution < -0.4 is 10.1 Å². The maximum Gasteiger partial charge on any atom is 0.339 e. The maximum absolute atomic E-state index is 12.3. The van der Waals surface area contributed by atoms with E-state index in [2.05, 4.69) is 10.1 Å². The summed E-state index contributed by atoms with van der Waals surface area (Å²) in [5.74, 6) is 0.164. The summed E-state index contributed by atoms with van der Waals surface area (Å²) in [6, 6.07) is 11.8. The third kappa shape index (κ3) is 4.87. The fourth-order valence-electron chi connectivity index (χ4n) is 2.20. The molecular weight excluding hydrogens is 344 g/mol. The Labute approximate surface area is 151 Å². The van der Waals surface area contributed by atoms with Crippen LogP contribution in [0.1, 0.15) is 15.9 Å². The molecule has 0 atom stereocenters. The average Bonchev–Trinajstić information content (AvgIpc) is 2.62. The van der Waals surface area contributed by atoms with Crippen LogP contribution in [-0.4, -0.2) is 38.2 Å². The second-order valence-electron chi connectivity index (χ2n) is 5.32. The highest BCUT2D eigenvalue weighted by atomic mass is 35.5. The van der Waals surface area contributed by atoms with Gasteiger partial charge in [0.1, 0.15) is 5.75 Å². The molecule has 132 valence electrons. The molecule has 2 rings (SSSR count). The average molecular weight is 363 g/mol.